The molecule has 0 saturated heterocycles. The Morgan fingerprint density at radius 2 is 1.85 bits per heavy atom. The molecule has 2 aromatic carbocycles. The van der Waals surface area contributed by atoms with E-state index in [2.05, 4.69) is 0 Å². The van der Waals surface area contributed by atoms with Crippen LogP contribution < -0.4 is 5.73 Å². The number of carbonyl (C=O) groups is 1. The molecule has 3 rings (SSSR count). The summed E-state index contributed by atoms with van der Waals surface area (Å²) in [7, 11) is 0. The van der Waals surface area contributed by atoms with Gasteiger partial charge in [0.1, 0.15) is 0 Å². The van der Waals surface area contributed by atoms with E-state index in [0.29, 0.717) is 18.8 Å². The molecule has 0 saturated carbocycles. The lowest BCUT2D eigenvalue weighted by atomic mass is 10.1. The summed E-state index contributed by atoms with van der Waals surface area (Å²) in [6.45, 7) is 0.928. The van der Waals surface area contributed by atoms with Crippen molar-refractivity contribution in [2.45, 2.75) is 13.1 Å². The van der Waals surface area contributed by atoms with Crippen molar-refractivity contribution in [2.75, 3.05) is 5.73 Å². The zero-order valence-corrected chi connectivity index (χ0v) is 10.7. The highest BCUT2D eigenvalue weighted by Gasteiger charge is 2.26. The molecular weight excluding hydrogens is 256 g/mol. The van der Waals surface area contributed by atoms with Crippen LogP contribution in [0.25, 0.3) is 0 Å². The van der Waals surface area contributed by atoms with Crippen LogP contribution in [0.3, 0.4) is 0 Å². The van der Waals surface area contributed by atoms with Crippen LogP contribution in [0.1, 0.15) is 21.5 Å². The fourth-order valence-electron chi connectivity index (χ4n) is 2.43. The lowest BCUT2D eigenvalue weighted by molar-refractivity contribution is 0.0747. The van der Waals surface area contributed by atoms with Crippen molar-refractivity contribution in [3.8, 4) is 11.5 Å². The number of rotatable bonds is 1. The van der Waals surface area contributed by atoms with Gasteiger partial charge in [-0.15, -0.1) is 0 Å². The average molecular weight is 270 g/mol. The molecule has 0 fully saturated rings. The van der Waals surface area contributed by atoms with Gasteiger partial charge >= 0.3 is 0 Å². The third-order valence-electron chi connectivity index (χ3n) is 3.49. The number of amides is 1. The molecule has 0 radical (unpaired) electrons. The SMILES string of the molecule is Nc1ccc2c(c1)CN(C(=O)c1cccc(O)c1O)C2. The normalized spacial score (nSPS) is 13.3. The van der Waals surface area contributed by atoms with Crippen molar-refractivity contribution in [1.82, 2.24) is 4.90 Å². The Bertz CT molecular complexity index is 698. The first kappa shape index (κ1) is 12.3. The number of hydrogen-bond acceptors (Lipinski definition) is 4. The smallest absolute Gasteiger partial charge is 0.258 e. The molecule has 102 valence electrons. The summed E-state index contributed by atoms with van der Waals surface area (Å²) in [4.78, 5) is 14.0. The molecule has 1 aliphatic rings. The van der Waals surface area contributed by atoms with Crippen LogP contribution in [0, 0.1) is 0 Å². The number of aromatic hydroxyl groups is 2. The quantitative estimate of drug-likeness (QED) is 0.545. The Balaban J connectivity index is 1.89. The maximum Gasteiger partial charge on any atom is 0.258 e. The molecule has 20 heavy (non-hydrogen) atoms. The topological polar surface area (TPSA) is 86.8 Å². The summed E-state index contributed by atoms with van der Waals surface area (Å²) in [5.41, 5.74) is 8.56. The molecule has 5 heteroatoms. The van der Waals surface area contributed by atoms with Gasteiger partial charge in [0, 0.05) is 18.8 Å². The van der Waals surface area contributed by atoms with E-state index in [1.165, 1.54) is 18.2 Å². The number of nitrogen functional groups attached to an aromatic ring is 1. The molecule has 0 aromatic heterocycles. The molecule has 4 N–H and O–H groups in total. The summed E-state index contributed by atoms with van der Waals surface area (Å²) in [5.74, 6) is -0.988. The van der Waals surface area contributed by atoms with Gasteiger partial charge in [0.15, 0.2) is 11.5 Å². The van der Waals surface area contributed by atoms with Gasteiger partial charge in [0.25, 0.3) is 5.91 Å². The predicted octanol–water partition coefficient (Wildman–Crippen LogP) is 1.84. The lowest BCUT2D eigenvalue weighted by Crippen LogP contribution is -2.25. The molecule has 0 bridgehead atoms. The molecule has 1 amide bonds. The highest BCUT2D eigenvalue weighted by molar-refractivity contribution is 5.97. The number of carbonyl (C=O) groups excluding carboxylic acids is 1. The fraction of sp³-hybridized carbons (Fsp3) is 0.133. The van der Waals surface area contributed by atoms with Gasteiger partial charge in [-0.3, -0.25) is 4.79 Å². The van der Waals surface area contributed by atoms with Crippen LogP contribution in [0.4, 0.5) is 5.69 Å². The number of phenols is 2. The molecule has 0 unspecified atom stereocenters. The minimum absolute atomic E-state index is 0.103. The van der Waals surface area contributed by atoms with E-state index >= 15 is 0 Å². The summed E-state index contributed by atoms with van der Waals surface area (Å²) in [6, 6.07) is 9.92. The number of anilines is 1. The van der Waals surface area contributed by atoms with E-state index in [1.807, 2.05) is 12.1 Å². The Hall–Kier alpha value is -2.69. The second kappa shape index (κ2) is 4.45. The molecule has 0 aliphatic carbocycles. The predicted molar refractivity (Wildman–Crippen MR) is 74.2 cm³/mol. The number of phenolic OH excluding ortho intramolecular Hbond substituents is 2. The van der Waals surface area contributed by atoms with Crippen molar-refractivity contribution in [2.24, 2.45) is 0 Å². The summed E-state index contributed by atoms with van der Waals surface area (Å²) in [5, 5.41) is 19.2. The standard InChI is InChI=1S/C15H14N2O3/c16-11-5-4-9-7-17(8-10(9)6-11)15(20)12-2-1-3-13(18)14(12)19/h1-6,18-19H,7-8,16H2. The van der Waals surface area contributed by atoms with Gasteiger partial charge in [-0.05, 0) is 35.4 Å². The van der Waals surface area contributed by atoms with Gasteiger partial charge in [-0.25, -0.2) is 0 Å². The zero-order valence-electron chi connectivity index (χ0n) is 10.7. The molecule has 2 aromatic rings. The number of nitrogens with zero attached hydrogens (tertiary/aromatic N) is 1. The monoisotopic (exact) mass is 270 g/mol. The van der Waals surface area contributed by atoms with Crippen molar-refractivity contribution < 1.29 is 15.0 Å². The summed E-state index contributed by atoms with van der Waals surface area (Å²) in [6.07, 6.45) is 0. The van der Waals surface area contributed by atoms with Crippen LogP contribution in [-0.4, -0.2) is 21.0 Å². The van der Waals surface area contributed by atoms with E-state index in [1.54, 1.807) is 11.0 Å². The maximum atomic E-state index is 12.4. The molecular formula is C15H14N2O3. The molecule has 1 aliphatic heterocycles. The number of nitrogens with two attached hydrogens (primary N) is 1. The first-order valence-electron chi connectivity index (χ1n) is 6.24. The Kier molecular flexibility index (Phi) is 2.75. The minimum atomic E-state index is -0.382. The summed E-state index contributed by atoms with van der Waals surface area (Å²) < 4.78 is 0. The first-order chi connectivity index (χ1) is 9.56. The van der Waals surface area contributed by atoms with E-state index in [9.17, 15) is 15.0 Å². The summed E-state index contributed by atoms with van der Waals surface area (Å²) >= 11 is 0. The lowest BCUT2D eigenvalue weighted by Gasteiger charge is -2.16. The average Bonchev–Trinajstić information content (AvgIpc) is 2.84. The van der Waals surface area contributed by atoms with Crippen LogP contribution in [0.15, 0.2) is 36.4 Å². The van der Waals surface area contributed by atoms with Crippen LogP contribution in [-0.2, 0) is 13.1 Å². The van der Waals surface area contributed by atoms with Crippen LogP contribution in [0.5, 0.6) is 11.5 Å². The Labute approximate surface area is 115 Å². The number of fused-ring (bicyclic) bond motifs is 1. The van der Waals surface area contributed by atoms with Gasteiger partial charge in [-0.1, -0.05) is 12.1 Å². The minimum Gasteiger partial charge on any atom is -0.504 e. The second-order valence-corrected chi connectivity index (χ2v) is 4.86. The van der Waals surface area contributed by atoms with Crippen molar-refractivity contribution in [3.05, 3.63) is 53.1 Å². The number of benzene rings is 2. The van der Waals surface area contributed by atoms with E-state index in [4.69, 9.17) is 5.73 Å². The van der Waals surface area contributed by atoms with Crippen molar-refractivity contribution in [3.63, 3.8) is 0 Å². The molecule has 0 atom stereocenters. The molecule has 1 heterocycles. The second-order valence-electron chi connectivity index (χ2n) is 4.86. The van der Waals surface area contributed by atoms with Gasteiger partial charge < -0.3 is 20.8 Å². The third-order valence-corrected chi connectivity index (χ3v) is 3.49. The van der Waals surface area contributed by atoms with Crippen LogP contribution >= 0.6 is 0 Å². The maximum absolute atomic E-state index is 12.4. The fourth-order valence-corrected chi connectivity index (χ4v) is 2.43. The number of hydrogen-bond donors (Lipinski definition) is 3. The van der Waals surface area contributed by atoms with E-state index in [0.717, 1.165) is 11.1 Å². The van der Waals surface area contributed by atoms with Gasteiger partial charge in [0.2, 0.25) is 0 Å². The number of para-hydroxylation sites is 1. The first-order valence-corrected chi connectivity index (χ1v) is 6.24. The Morgan fingerprint density at radius 1 is 1.10 bits per heavy atom. The van der Waals surface area contributed by atoms with E-state index in [-0.39, 0.29) is 23.0 Å². The van der Waals surface area contributed by atoms with Gasteiger partial charge in [-0.2, -0.15) is 0 Å². The molecule has 0 spiro atoms. The Morgan fingerprint density at radius 3 is 2.65 bits per heavy atom. The molecule has 5 nitrogen and oxygen atoms in total. The van der Waals surface area contributed by atoms with Crippen molar-refractivity contribution >= 4 is 11.6 Å². The highest BCUT2D eigenvalue weighted by atomic mass is 16.3. The van der Waals surface area contributed by atoms with Gasteiger partial charge in [0.05, 0.1) is 5.56 Å². The highest BCUT2D eigenvalue weighted by Crippen LogP contribution is 2.32. The van der Waals surface area contributed by atoms with E-state index < -0.39 is 0 Å². The van der Waals surface area contributed by atoms with Crippen LogP contribution in [0.2, 0.25) is 0 Å². The largest absolute Gasteiger partial charge is 0.504 e. The third kappa shape index (κ3) is 1.93. The van der Waals surface area contributed by atoms with Crippen molar-refractivity contribution in [1.29, 1.82) is 0 Å². The zero-order chi connectivity index (χ0) is 14.3.